The second kappa shape index (κ2) is 9.06. The fourth-order valence-corrected chi connectivity index (χ4v) is 5.14. The predicted octanol–water partition coefficient (Wildman–Crippen LogP) is 1.48. The van der Waals surface area contributed by atoms with Crippen molar-refractivity contribution in [2.75, 3.05) is 52.5 Å². The van der Waals surface area contributed by atoms with Crippen molar-refractivity contribution in [2.24, 2.45) is 5.92 Å². The molecule has 0 amide bonds. The van der Waals surface area contributed by atoms with Gasteiger partial charge in [0.2, 0.25) is 0 Å². The first-order valence-electron chi connectivity index (χ1n) is 11.2. The summed E-state index contributed by atoms with van der Waals surface area (Å²) in [5.41, 5.74) is 2.29. The highest BCUT2D eigenvalue weighted by atomic mass is 16.5. The Morgan fingerprint density at radius 2 is 2.03 bits per heavy atom. The molecule has 3 aliphatic rings. The van der Waals surface area contributed by atoms with Gasteiger partial charge in [-0.25, -0.2) is 0 Å². The molecule has 30 heavy (non-hydrogen) atoms. The number of pyridine rings is 1. The maximum absolute atomic E-state index is 13.4. The molecule has 2 bridgehead atoms. The Kier molecular flexibility index (Phi) is 6.04. The van der Waals surface area contributed by atoms with E-state index >= 15 is 0 Å². The van der Waals surface area contributed by atoms with Gasteiger partial charge in [0.15, 0.2) is 0 Å². The monoisotopic (exact) mass is 412 g/mol. The number of nitrogens with one attached hydrogen (secondary N) is 1. The number of hydrogen-bond donors (Lipinski definition) is 1. The third kappa shape index (κ3) is 4.39. The van der Waals surface area contributed by atoms with E-state index < -0.39 is 0 Å². The van der Waals surface area contributed by atoms with Crippen LogP contribution in [0.1, 0.15) is 29.4 Å². The first-order valence-corrected chi connectivity index (χ1v) is 11.2. The molecular weight excluding hydrogens is 380 g/mol. The topological polar surface area (TPSA) is 62.9 Å². The lowest BCUT2D eigenvalue weighted by molar-refractivity contribution is 0.0321. The average Bonchev–Trinajstić information content (AvgIpc) is 3.28. The van der Waals surface area contributed by atoms with Crippen molar-refractivity contribution >= 4 is 0 Å². The van der Waals surface area contributed by atoms with Crippen molar-refractivity contribution in [1.29, 1.82) is 0 Å². The summed E-state index contributed by atoms with van der Waals surface area (Å²) in [5.74, 6) is 1.99. The van der Waals surface area contributed by atoms with Crippen LogP contribution >= 0.6 is 0 Å². The molecule has 2 fully saturated rings. The van der Waals surface area contributed by atoms with E-state index in [2.05, 4.69) is 31.8 Å². The van der Waals surface area contributed by atoms with Crippen LogP contribution in [0.2, 0.25) is 0 Å². The van der Waals surface area contributed by atoms with Gasteiger partial charge in [-0.3, -0.25) is 14.6 Å². The molecule has 2 aromatic heterocycles. The number of nitrogens with zero attached hydrogens (tertiary/aromatic N) is 3. The smallest absolute Gasteiger partial charge is 0.255 e. The zero-order valence-corrected chi connectivity index (χ0v) is 17.6. The van der Waals surface area contributed by atoms with Gasteiger partial charge in [0.25, 0.3) is 5.56 Å². The summed E-state index contributed by atoms with van der Waals surface area (Å²) in [4.78, 5) is 18.1. The van der Waals surface area contributed by atoms with Crippen LogP contribution in [-0.2, 0) is 24.4 Å². The van der Waals surface area contributed by atoms with Crippen molar-refractivity contribution < 1.29 is 9.15 Å². The van der Waals surface area contributed by atoms with E-state index in [1.165, 1.54) is 12.1 Å². The Bertz CT molecular complexity index is 888. The van der Waals surface area contributed by atoms with Crippen molar-refractivity contribution in [1.82, 2.24) is 19.7 Å². The minimum absolute atomic E-state index is 0.194. The largest absolute Gasteiger partial charge is 0.468 e. The van der Waals surface area contributed by atoms with Crippen LogP contribution in [0.25, 0.3) is 0 Å². The third-order valence-corrected chi connectivity index (χ3v) is 6.78. The fraction of sp³-hybridized carbons (Fsp3) is 0.609. The molecule has 7 heteroatoms. The van der Waals surface area contributed by atoms with Gasteiger partial charge in [0.1, 0.15) is 5.76 Å². The summed E-state index contributed by atoms with van der Waals surface area (Å²) in [6.07, 6.45) is 2.92. The molecule has 0 spiro atoms. The summed E-state index contributed by atoms with van der Waals surface area (Å²) in [5, 5.41) is 3.52. The van der Waals surface area contributed by atoms with Crippen LogP contribution in [0.4, 0.5) is 0 Å². The van der Waals surface area contributed by atoms with E-state index in [9.17, 15) is 4.79 Å². The lowest BCUT2D eigenvalue weighted by Gasteiger charge is -2.37. The minimum atomic E-state index is 0.194. The summed E-state index contributed by atoms with van der Waals surface area (Å²) in [6, 6.07) is 8.19. The minimum Gasteiger partial charge on any atom is -0.468 e. The number of furan rings is 1. The zero-order valence-electron chi connectivity index (χ0n) is 17.6. The molecule has 0 unspecified atom stereocenters. The SMILES string of the molecule is O=c1c(CN(CCN2CCOCC2)Cc2ccco2)ccc2n1C[C@@H]1CNC[C@H]2C1. The van der Waals surface area contributed by atoms with E-state index in [1.54, 1.807) is 6.26 Å². The summed E-state index contributed by atoms with van der Waals surface area (Å²) in [6.45, 7) is 9.67. The normalized spacial score (nSPS) is 24.2. The van der Waals surface area contributed by atoms with Crippen LogP contribution in [0, 0.1) is 5.92 Å². The standard InChI is InChI=1S/C23H32N4O3/c28-23-19(3-4-22-20-12-18(13-24-14-20)15-27(22)23)16-26(17-21-2-1-9-30-21)6-5-25-7-10-29-11-8-25/h1-4,9,18,20,24H,5-8,10-17H2/t18-,20+/m0/s1. The van der Waals surface area contributed by atoms with E-state index in [0.29, 0.717) is 24.9 Å². The molecule has 5 heterocycles. The maximum atomic E-state index is 13.4. The Morgan fingerprint density at radius 3 is 2.87 bits per heavy atom. The van der Waals surface area contributed by atoms with Crippen LogP contribution < -0.4 is 10.9 Å². The van der Waals surface area contributed by atoms with Crippen molar-refractivity contribution in [3.05, 3.63) is 57.9 Å². The number of rotatable bonds is 7. The highest BCUT2D eigenvalue weighted by molar-refractivity contribution is 5.22. The van der Waals surface area contributed by atoms with Gasteiger partial charge in [-0.2, -0.15) is 0 Å². The summed E-state index contributed by atoms with van der Waals surface area (Å²) in [7, 11) is 0. The lowest BCUT2D eigenvalue weighted by atomic mass is 9.84. The first-order chi connectivity index (χ1) is 14.8. The highest BCUT2D eigenvalue weighted by Gasteiger charge is 2.31. The lowest BCUT2D eigenvalue weighted by Crippen LogP contribution is -2.46. The van der Waals surface area contributed by atoms with Gasteiger partial charge in [-0.15, -0.1) is 0 Å². The Morgan fingerprint density at radius 1 is 1.13 bits per heavy atom. The number of morpholine rings is 1. The second-order valence-corrected chi connectivity index (χ2v) is 8.90. The van der Waals surface area contributed by atoms with Crippen molar-refractivity contribution in [3.63, 3.8) is 0 Å². The molecular formula is C23H32N4O3. The fourth-order valence-electron chi connectivity index (χ4n) is 5.14. The molecule has 2 atom stereocenters. The highest BCUT2D eigenvalue weighted by Crippen LogP contribution is 2.31. The van der Waals surface area contributed by atoms with Crippen LogP contribution in [-0.4, -0.2) is 66.8 Å². The predicted molar refractivity (Wildman–Crippen MR) is 115 cm³/mol. The number of aromatic nitrogens is 1. The molecule has 5 rings (SSSR count). The van der Waals surface area contributed by atoms with Crippen LogP contribution in [0.5, 0.6) is 0 Å². The zero-order chi connectivity index (χ0) is 20.3. The molecule has 0 radical (unpaired) electrons. The third-order valence-electron chi connectivity index (χ3n) is 6.78. The van der Waals surface area contributed by atoms with Gasteiger partial charge in [-0.1, -0.05) is 6.07 Å². The molecule has 7 nitrogen and oxygen atoms in total. The van der Waals surface area contributed by atoms with Gasteiger partial charge in [-0.05, 0) is 37.1 Å². The van der Waals surface area contributed by atoms with Gasteiger partial charge >= 0.3 is 0 Å². The molecule has 0 aliphatic carbocycles. The second-order valence-electron chi connectivity index (χ2n) is 8.90. The molecule has 0 aromatic carbocycles. The Balaban J connectivity index is 1.33. The maximum Gasteiger partial charge on any atom is 0.255 e. The summed E-state index contributed by atoms with van der Waals surface area (Å²) >= 11 is 0. The van der Waals surface area contributed by atoms with E-state index in [4.69, 9.17) is 9.15 Å². The van der Waals surface area contributed by atoms with Crippen LogP contribution in [0.3, 0.4) is 0 Å². The van der Waals surface area contributed by atoms with Crippen LogP contribution in [0.15, 0.2) is 39.7 Å². The molecule has 1 N–H and O–H groups in total. The first kappa shape index (κ1) is 20.0. The average molecular weight is 413 g/mol. The number of piperidine rings is 1. The Hall–Kier alpha value is -1.93. The van der Waals surface area contributed by atoms with Gasteiger partial charge < -0.3 is 19.0 Å². The van der Waals surface area contributed by atoms with Crippen molar-refractivity contribution in [3.8, 4) is 0 Å². The van der Waals surface area contributed by atoms with Crippen molar-refractivity contribution in [2.45, 2.75) is 32.0 Å². The molecule has 162 valence electrons. The van der Waals surface area contributed by atoms with E-state index in [0.717, 1.165) is 70.4 Å². The van der Waals surface area contributed by atoms with E-state index in [-0.39, 0.29) is 5.56 Å². The number of hydrogen-bond acceptors (Lipinski definition) is 6. The van der Waals surface area contributed by atoms with Gasteiger partial charge in [0.05, 0.1) is 26.0 Å². The number of fused-ring (bicyclic) bond motifs is 4. The molecule has 3 aliphatic heterocycles. The molecule has 2 aromatic rings. The Labute approximate surface area is 177 Å². The summed E-state index contributed by atoms with van der Waals surface area (Å²) < 4.78 is 13.1. The van der Waals surface area contributed by atoms with E-state index in [1.807, 2.05) is 12.1 Å². The molecule has 2 saturated heterocycles. The van der Waals surface area contributed by atoms with Gasteiger partial charge in [0, 0.05) is 63.0 Å². The molecule has 0 saturated carbocycles. The number of ether oxygens (including phenoxy) is 1. The quantitative estimate of drug-likeness (QED) is 0.743.